The van der Waals surface area contributed by atoms with Crippen LogP contribution in [0, 0.1) is 0 Å². The van der Waals surface area contributed by atoms with Crippen molar-refractivity contribution in [2.24, 2.45) is 0 Å². The van der Waals surface area contributed by atoms with E-state index in [1.54, 1.807) is 0 Å². The van der Waals surface area contributed by atoms with Crippen LogP contribution in [-0.2, 0) is 11.2 Å². The number of aromatic nitrogens is 2. The molecule has 0 spiro atoms. The Morgan fingerprint density at radius 3 is 2.50 bits per heavy atom. The average molecular weight is 531 g/mol. The highest BCUT2D eigenvalue weighted by Gasteiger charge is 2.15. The van der Waals surface area contributed by atoms with E-state index < -0.39 is 0 Å². The van der Waals surface area contributed by atoms with Crippen molar-refractivity contribution in [1.82, 2.24) is 20.0 Å². The van der Waals surface area contributed by atoms with Crippen molar-refractivity contribution >= 4 is 28.3 Å². The lowest BCUT2D eigenvalue weighted by Gasteiger charge is -2.19. The zero-order chi connectivity index (χ0) is 26.9. The first-order valence-corrected chi connectivity index (χ1v) is 14.2. The van der Waals surface area contributed by atoms with Gasteiger partial charge < -0.3 is 10.2 Å². The molecule has 1 unspecified atom stereocenters. The second-order valence-corrected chi connectivity index (χ2v) is 10.4. The molecule has 1 N–H and O–H groups in total. The Morgan fingerprint density at radius 1 is 1.00 bits per heavy atom. The largest absolute Gasteiger partial charge is 0.354 e. The molecule has 6 heteroatoms. The summed E-state index contributed by atoms with van der Waals surface area (Å²) in [5.41, 5.74) is 4.05. The van der Waals surface area contributed by atoms with E-state index in [1.807, 2.05) is 28.9 Å². The summed E-state index contributed by atoms with van der Waals surface area (Å²) in [5, 5.41) is 11.2. The van der Waals surface area contributed by atoms with Gasteiger partial charge in [0.1, 0.15) is 0 Å². The predicted molar refractivity (Wildman–Crippen MR) is 159 cm³/mol. The molecule has 38 heavy (non-hydrogen) atoms. The number of halogens is 1. The number of amides is 1. The third-order valence-corrected chi connectivity index (χ3v) is 7.42. The lowest BCUT2D eigenvalue weighted by atomic mass is 10.1. The Bertz CT molecular complexity index is 1320. The van der Waals surface area contributed by atoms with Gasteiger partial charge in [-0.05, 0) is 81.9 Å². The molecular weight excluding hydrogens is 492 g/mol. The number of nitrogens with zero attached hydrogens (tertiary/aromatic N) is 3. The molecule has 1 atom stereocenters. The number of rotatable bonds is 13. The van der Waals surface area contributed by atoms with E-state index >= 15 is 0 Å². The van der Waals surface area contributed by atoms with Crippen LogP contribution in [0.15, 0.2) is 72.8 Å². The van der Waals surface area contributed by atoms with Crippen LogP contribution >= 0.6 is 11.6 Å². The molecule has 0 radical (unpaired) electrons. The number of hydrogen-bond donors (Lipinski definition) is 1. The van der Waals surface area contributed by atoms with E-state index in [0.717, 1.165) is 73.3 Å². The Balaban J connectivity index is 1.45. The summed E-state index contributed by atoms with van der Waals surface area (Å²) >= 11 is 6.12. The van der Waals surface area contributed by atoms with Gasteiger partial charge in [-0.15, -0.1) is 0 Å². The molecule has 3 aromatic carbocycles. The molecule has 5 nitrogen and oxygen atoms in total. The van der Waals surface area contributed by atoms with Crippen LogP contribution in [0.3, 0.4) is 0 Å². The summed E-state index contributed by atoms with van der Waals surface area (Å²) in [6.45, 7) is 9.73. The van der Waals surface area contributed by atoms with Crippen molar-refractivity contribution in [3.05, 3.63) is 83.5 Å². The van der Waals surface area contributed by atoms with Gasteiger partial charge in [0, 0.05) is 34.1 Å². The third kappa shape index (κ3) is 7.24. The van der Waals surface area contributed by atoms with Gasteiger partial charge in [0.05, 0.1) is 11.4 Å². The molecule has 4 aromatic rings. The Kier molecular flexibility index (Phi) is 9.97. The maximum absolute atomic E-state index is 12.7. The first-order chi connectivity index (χ1) is 18.5. The van der Waals surface area contributed by atoms with Gasteiger partial charge in [-0.2, -0.15) is 5.10 Å². The van der Waals surface area contributed by atoms with Gasteiger partial charge in [-0.3, -0.25) is 4.79 Å². The molecule has 0 aliphatic rings. The monoisotopic (exact) mass is 530 g/mol. The van der Waals surface area contributed by atoms with Crippen LogP contribution < -0.4 is 5.32 Å². The van der Waals surface area contributed by atoms with Crippen LogP contribution in [0.5, 0.6) is 0 Å². The molecule has 0 saturated heterocycles. The number of fused-ring (bicyclic) bond motifs is 1. The smallest absolute Gasteiger partial charge is 0.220 e. The third-order valence-electron chi connectivity index (χ3n) is 7.17. The first kappa shape index (κ1) is 27.9. The fourth-order valence-electron chi connectivity index (χ4n) is 4.97. The van der Waals surface area contributed by atoms with Crippen molar-refractivity contribution in [3.8, 4) is 16.9 Å². The quantitative estimate of drug-likeness (QED) is 0.197. The molecule has 0 fully saturated rings. The van der Waals surface area contributed by atoms with E-state index in [2.05, 4.69) is 79.5 Å². The van der Waals surface area contributed by atoms with E-state index in [4.69, 9.17) is 16.7 Å². The van der Waals surface area contributed by atoms with Gasteiger partial charge in [0.15, 0.2) is 0 Å². The fourth-order valence-corrected chi connectivity index (χ4v) is 5.10. The van der Waals surface area contributed by atoms with Crippen LogP contribution in [0.2, 0.25) is 5.02 Å². The van der Waals surface area contributed by atoms with E-state index in [0.29, 0.717) is 11.4 Å². The lowest BCUT2D eigenvalue weighted by Crippen LogP contribution is -2.33. The SMILES string of the molecule is CCN(CC)CCCC(C)NC(=O)CCCc1cc(-c2ccc(Cl)cc2)nn1-c1cccc2ccccc12. The molecule has 0 aliphatic heterocycles. The second-order valence-electron chi connectivity index (χ2n) is 9.93. The maximum Gasteiger partial charge on any atom is 0.220 e. The lowest BCUT2D eigenvalue weighted by molar-refractivity contribution is -0.121. The zero-order valence-electron chi connectivity index (χ0n) is 22.8. The van der Waals surface area contributed by atoms with Gasteiger partial charge in [0.25, 0.3) is 0 Å². The number of carbonyl (C=O) groups excluding carboxylic acids is 1. The van der Waals surface area contributed by atoms with Crippen molar-refractivity contribution in [2.75, 3.05) is 19.6 Å². The minimum absolute atomic E-state index is 0.120. The van der Waals surface area contributed by atoms with Crippen LogP contribution in [0.25, 0.3) is 27.7 Å². The zero-order valence-corrected chi connectivity index (χ0v) is 23.5. The molecule has 200 valence electrons. The van der Waals surface area contributed by atoms with Crippen LogP contribution in [0.1, 0.15) is 52.1 Å². The van der Waals surface area contributed by atoms with Crippen molar-refractivity contribution < 1.29 is 4.79 Å². The highest BCUT2D eigenvalue weighted by atomic mass is 35.5. The first-order valence-electron chi connectivity index (χ1n) is 13.8. The minimum Gasteiger partial charge on any atom is -0.354 e. The van der Waals surface area contributed by atoms with E-state index in [1.165, 1.54) is 5.39 Å². The van der Waals surface area contributed by atoms with Crippen molar-refractivity contribution in [3.63, 3.8) is 0 Å². The van der Waals surface area contributed by atoms with Crippen LogP contribution in [0.4, 0.5) is 0 Å². The fraction of sp³-hybridized carbons (Fsp3) is 0.375. The number of aryl methyl sites for hydroxylation is 1. The minimum atomic E-state index is 0.120. The highest BCUT2D eigenvalue weighted by Crippen LogP contribution is 2.28. The van der Waals surface area contributed by atoms with Gasteiger partial charge in [0.2, 0.25) is 5.91 Å². The second kappa shape index (κ2) is 13.6. The molecule has 4 rings (SSSR count). The predicted octanol–water partition coefficient (Wildman–Crippen LogP) is 7.30. The van der Waals surface area contributed by atoms with Gasteiger partial charge in [-0.1, -0.05) is 74.0 Å². The number of benzene rings is 3. The number of hydrogen-bond acceptors (Lipinski definition) is 3. The summed E-state index contributed by atoms with van der Waals surface area (Å²) in [5.74, 6) is 0.120. The summed E-state index contributed by atoms with van der Waals surface area (Å²) in [6.07, 6.45) is 4.11. The average Bonchev–Trinajstić information content (AvgIpc) is 3.35. The van der Waals surface area contributed by atoms with Crippen LogP contribution in [-0.4, -0.2) is 46.3 Å². The van der Waals surface area contributed by atoms with Crippen molar-refractivity contribution in [1.29, 1.82) is 0 Å². The Morgan fingerprint density at radius 2 is 1.74 bits per heavy atom. The Hall–Kier alpha value is -3.15. The van der Waals surface area contributed by atoms with Gasteiger partial charge >= 0.3 is 0 Å². The molecule has 1 aromatic heterocycles. The highest BCUT2D eigenvalue weighted by molar-refractivity contribution is 6.30. The van der Waals surface area contributed by atoms with Gasteiger partial charge in [-0.25, -0.2) is 4.68 Å². The summed E-state index contributed by atoms with van der Waals surface area (Å²) < 4.78 is 2.04. The topological polar surface area (TPSA) is 50.2 Å². The number of nitrogens with one attached hydrogen (secondary N) is 1. The Labute approximate surface area is 231 Å². The summed E-state index contributed by atoms with van der Waals surface area (Å²) in [7, 11) is 0. The molecular formula is C32H39ClN4O. The summed E-state index contributed by atoms with van der Waals surface area (Å²) in [4.78, 5) is 15.1. The molecule has 0 bridgehead atoms. The number of carbonyl (C=O) groups is 1. The molecule has 0 saturated carbocycles. The molecule has 1 amide bonds. The standard InChI is InChI=1S/C32H39ClN4O/c1-4-36(5-2)22-10-11-24(3)34-32(38)17-9-14-28-23-30(26-18-20-27(33)21-19-26)35-37(28)31-16-8-13-25-12-6-7-15-29(25)31/h6-8,12-13,15-16,18-21,23-24H,4-5,9-11,14,17,22H2,1-3H3,(H,34,38). The molecule has 0 aliphatic carbocycles. The maximum atomic E-state index is 12.7. The van der Waals surface area contributed by atoms with E-state index in [9.17, 15) is 4.79 Å². The van der Waals surface area contributed by atoms with E-state index in [-0.39, 0.29) is 11.9 Å². The van der Waals surface area contributed by atoms with Crippen molar-refractivity contribution in [2.45, 2.75) is 58.9 Å². The normalized spacial score (nSPS) is 12.2. The summed E-state index contributed by atoms with van der Waals surface area (Å²) in [6, 6.07) is 24.8. The molecule has 1 heterocycles.